The van der Waals surface area contributed by atoms with Gasteiger partial charge in [0.25, 0.3) is 0 Å². The zero-order valence-corrected chi connectivity index (χ0v) is 32.7. The Balaban J connectivity index is 3.78. The van der Waals surface area contributed by atoms with Gasteiger partial charge in [0, 0.05) is 6.42 Å². The minimum absolute atomic E-state index is 0.123. The Morgan fingerprint density at radius 3 is 1.31 bits per heavy atom. The average molecular weight is 712 g/mol. The van der Waals surface area contributed by atoms with Gasteiger partial charge in [-0.3, -0.25) is 4.79 Å². The highest BCUT2D eigenvalue weighted by molar-refractivity contribution is 5.76. The van der Waals surface area contributed by atoms with E-state index in [1.54, 1.807) is 6.08 Å². The molecule has 0 bridgehead atoms. The number of unbranched alkanes of at least 4 members (excludes halogenated alkanes) is 5. The molecular formula is C48H73NO3. The summed E-state index contributed by atoms with van der Waals surface area (Å²) >= 11 is 0. The molecule has 0 aromatic heterocycles. The molecule has 0 aromatic carbocycles. The number of carbonyl (C=O) groups is 1. The van der Waals surface area contributed by atoms with Crippen molar-refractivity contribution < 1.29 is 15.0 Å². The van der Waals surface area contributed by atoms with Gasteiger partial charge in [0.05, 0.1) is 18.8 Å². The van der Waals surface area contributed by atoms with E-state index in [4.69, 9.17) is 0 Å². The van der Waals surface area contributed by atoms with Crippen molar-refractivity contribution >= 4 is 5.91 Å². The fourth-order valence-corrected chi connectivity index (χ4v) is 4.85. The summed E-state index contributed by atoms with van der Waals surface area (Å²) in [4.78, 5) is 12.3. The third kappa shape index (κ3) is 37.5. The Morgan fingerprint density at radius 2 is 0.885 bits per heavy atom. The molecule has 2 atom stereocenters. The second-order valence-corrected chi connectivity index (χ2v) is 12.6. The van der Waals surface area contributed by atoms with Crippen LogP contribution in [0.4, 0.5) is 0 Å². The van der Waals surface area contributed by atoms with Gasteiger partial charge in [-0.15, -0.1) is 0 Å². The number of aliphatic hydroxyl groups is 2. The largest absolute Gasteiger partial charge is 0.394 e. The van der Waals surface area contributed by atoms with Crippen LogP contribution in [0.1, 0.15) is 129 Å². The van der Waals surface area contributed by atoms with Crippen molar-refractivity contribution in [3.05, 3.63) is 146 Å². The fraction of sp³-hybridized carbons (Fsp3) is 0.479. The molecule has 0 fully saturated rings. The Morgan fingerprint density at radius 1 is 0.500 bits per heavy atom. The summed E-state index contributed by atoms with van der Waals surface area (Å²) in [6.07, 6.45) is 68.2. The maximum Gasteiger partial charge on any atom is 0.220 e. The van der Waals surface area contributed by atoms with Crippen LogP contribution >= 0.6 is 0 Å². The lowest BCUT2D eigenvalue weighted by atomic mass is 10.1. The fourth-order valence-electron chi connectivity index (χ4n) is 4.85. The topological polar surface area (TPSA) is 69.6 Å². The van der Waals surface area contributed by atoms with Crippen molar-refractivity contribution in [2.45, 2.75) is 142 Å². The Bertz CT molecular complexity index is 1170. The normalized spacial score (nSPS) is 14.6. The van der Waals surface area contributed by atoms with Crippen LogP contribution in [0.2, 0.25) is 0 Å². The molecule has 0 aliphatic carbocycles. The van der Waals surface area contributed by atoms with E-state index in [1.165, 1.54) is 0 Å². The van der Waals surface area contributed by atoms with Crippen LogP contribution in [-0.2, 0) is 4.79 Å². The maximum atomic E-state index is 12.3. The predicted octanol–water partition coefficient (Wildman–Crippen LogP) is 12.6. The number of hydrogen-bond donors (Lipinski definition) is 3. The Labute approximate surface area is 319 Å². The van der Waals surface area contributed by atoms with Crippen LogP contribution < -0.4 is 5.32 Å². The zero-order valence-electron chi connectivity index (χ0n) is 32.7. The van der Waals surface area contributed by atoms with Crippen molar-refractivity contribution in [3.63, 3.8) is 0 Å². The van der Waals surface area contributed by atoms with Gasteiger partial charge in [0.1, 0.15) is 0 Å². The molecule has 0 spiro atoms. The molecule has 0 aliphatic rings. The number of amides is 1. The van der Waals surface area contributed by atoms with Crippen LogP contribution in [0.15, 0.2) is 146 Å². The first-order valence-corrected chi connectivity index (χ1v) is 20.0. The van der Waals surface area contributed by atoms with Crippen LogP contribution in [0, 0.1) is 0 Å². The van der Waals surface area contributed by atoms with E-state index in [0.29, 0.717) is 6.42 Å². The molecule has 0 heterocycles. The number of nitrogens with one attached hydrogen (secondary N) is 1. The smallest absolute Gasteiger partial charge is 0.220 e. The molecule has 3 N–H and O–H groups in total. The van der Waals surface area contributed by atoms with Crippen molar-refractivity contribution in [2.24, 2.45) is 0 Å². The first kappa shape index (κ1) is 48.3. The molecule has 1 amide bonds. The van der Waals surface area contributed by atoms with E-state index in [1.807, 2.05) is 13.0 Å². The van der Waals surface area contributed by atoms with Crippen molar-refractivity contribution in [3.8, 4) is 0 Å². The highest BCUT2D eigenvalue weighted by Gasteiger charge is 2.17. The number of aliphatic hydroxyl groups excluding tert-OH is 2. The predicted molar refractivity (Wildman–Crippen MR) is 229 cm³/mol. The number of hydrogen-bond acceptors (Lipinski definition) is 3. The van der Waals surface area contributed by atoms with Gasteiger partial charge in [-0.1, -0.05) is 159 Å². The third-order valence-electron chi connectivity index (χ3n) is 7.88. The molecule has 0 saturated carbocycles. The SMILES string of the molecule is C/C=C/CC/C=C/CC/C=C/C(O)C(CO)NC(=O)CCCCC/C=C\C/C=C\C/C=C\C/C=C\C/C=C\C/C=C\C/C=C\C/C=C\C/C=C\CC. The summed E-state index contributed by atoms with van der Waals surface area (Å²) in [7, 11) is 0. The Kier molecular flexibility index (Phi) is 38.7. The highest BCUT2D eigenvalue weighted by atomic mass is 16.3. The van der Waals surface area contributed by atoms with Gasteiger partial charge in [-0.2, -0.15) is 0 Å². The van der Waals surface area contributed by atoms with Crippen LogP contribution in [0.25, 0.3) is 0 Å². The Hall–Kier alpha value is -3.73. The molecule has 0 aliphatic heterocycles. The lowest BCUT2D eigenvalue weighted by molar-refractivity contribution is -0.123. The van der Waals surface area contributed by atoms with Gasteiger partial charge >= 0.3 is 0 Å². The third-order valence-corrected chi connectivity index (χ3v) is 7.88. The monoisotopic (exact) mass is 712 g/mol. The average Bonchev–Trinajstić information content (AvgIpc) is 3.15. The van der Waals surface area contributed by atoms with Gasteiger partial charge in [-0.05, 0) is 110 Å². The summed E-state index contributed by atoms with van der Waals surface area (Å²) in [6, 6.07) is -0.672. The van der Waals surface area contributed by atoms with E-state index in [9.17, 15) is 15.0 Å². The zero-order chi connectivity index (χ0) is 37.8. The second-order valence-electron chi connectivity index (χ2n) is 12.6. The summed E-state index contributed by atoms with van der Waals surface area (Å²) in [5.41, 5.74) is 0. The maximum absolute atomic E-state index is 12.3. The van der Waals surface area contributed by atoms with Crippen molar-refractivity contribution in [1.82, 2.24) is 5.32 Å². The van der Waals surface area contributed by atoms with E-state index in [2.05, 4.69) is 146 Å². The molecule has 0 rings (SSSR count). The van der Waals surface area contributed by atoms with Crippen LogP contribution in [0.3, 0.4) is 0 Å². The summed E-state index contributed by atoms with van der Waals surface area (Å²) in [5, 5.41) is 22.7. The molecule has 288 valence electrons. The standard InChI is InChI=1S/C48H73NO3/c1-3-5-7-9-11-13-14-15-16-17-18-19-20-21-22-23-24-25-26-27-28-29-30-31-32-33-34-36-38-40-42-44-48(52)49-46(45-50)47(51)43-41-39-37-35-12-10-8-6-4-2/h4-7,11-13,15-16,18-19,21-22,24-25,27-28,30-31,33-35,41,43,46-47,50-51H,3,8-10,14,17,20,23,26,29,32,36-40,42,44-45H2,1-2H3,(H,49,52)/b6-4+,7-5-,13-11-,16-15-,19-18-,22-21-,25-24-,28-27-,31-30-,34-33-,35-12+,43-41+. The van der Waals surface area contributed by atoms with E-state index >= 15 is 0 Å². The molecule has 0 radical (unpaired) electrons. The highest BCUT2D eigenvalue weighted by Crippen LogP contribution is 2.06. The van der Waals surface area contributed by atoms with Crippen molar-refractivity contribution in [2.75, 3.05) is 6.61 Å². The lowest BCUT2D eigenvalue weighted by Crippen LogP contribution is -2.45. The van der Waals surface area contributed by atoms with Crippen molar-refractivity contribution in [1.29, 1.82) is 0 Å². The van der Waals surface area contributed by atoms with Crippen LogP contribution in [0.5, 0.6) is 0 Å². The minimum Gasteiger partial charge on any atom is -0.394 e. The summed E-state index contributed by atoms with van der Waals surface area (Å²) in [5.74, 6) is -0.123. The first-order chi connectivity index (χ1) is 25.7. The van der Waals surface area contributed by atoms with Gasteiger partial charge in [-0.25, -0.2) is 0 Å². The molecule has 52 heavy (non-hydrogen) atoms. The van der Waals surface area contributed by atoms with E-state index < -0.39 is 12.1 Å². The van der Waals surface area contributed by atoms with E-state index in [-0.39, 0.29) is 12.5 Å². The molecule has 4 heteroatoms. The second kappa shape index (κ2) is 41.7. The quantitative estimate of drug-likeness (QED) is 0.0469. The number of rotatable bonds is 33. The van der Waals surface area contributed by atoms with Crippen LogP contribution in [-0.4, -0.2) is 34.9 Å². The first-order valence-electron chi connectivity index (χ1n) is 20.0. The number of carbonyl (C=O) groups excluding carboxylic acids is 1. The summed E-state index contributed by atoms with van der Waals surface area (Å²) in [6.45, 7) is 3.90. The summed E-state index contributed by atoms with van der Waals surface area (Å²) < 4.78 is 0. The van der Waals surface area contributed by atoms with E-state index in [0.717, 1.165) is 109 Å². The molecule has 2 unspecified atom stereocenters. The molecule has 0 aromatic rings. The van der Waals surface area contributed by atoms with Gasteiger partial charge in [0.2, 0.25) is 5.91 Å². The van der Waals surface area contributed by atoms with Gasteiger partial charge in [0.15, 0.2) is 0 Å². The van der Waals surface area contributed by atoms with Gasteiger partial charge < -0.3 is 15.5 Å². The number of allylic oxidation sites excluding steroid dienone is 23. The lowest BCUT2D eigenvalue weighted by Gasteiger charge is -2.19. The molecule has 0 saturated heterocycles. The molecule has 4 nitrogen and oxygen atoms in total. The molecular weight excluding hydrogens is 639 g/mol. The minimum atomic E-state index is -0.892.